The van der Waals surface area contributed by atoms with Crippen LogP contribution in [0, 0.1) is 6.92 Å². The molecule has 3 rings (SSSR count). The summed E-state index contributed by atoms with van der Waals surface area (Å²) in [6.45, 7) is 2.06. The Morgan fingerprint density at radius 1 is 1.28 bits per heavy atom. The molecule has 0 amide bonds. The number of aliphatic hydroxyl groups excluding tert-OH is 1. The number of benzene rings is 1. The smallest absolute Gasteiger partial charge is 0.113 e. The van der Waals surface area contributed by atoms with Crippen molar-refractivity contribution in [2.24, 2.45) is 0 Å². The number of hydrogen-bond acceptors (Lipinski definition) is 2. The molecule has 1 N–H and O–H groups in total. The van der Waals surface area contributed by atoms with Crippen molar-refractivity contribution >= 4 is 11.3 Å². The molecule has 94 valence electrons. The van der Waals surface area contributed by atoms with Gasteiger partial charge in [0.1, 0.15) is 6.10 Å². The maximum absolute atomic E-state index is 10.5. The van der Waals surface area contributed by atoms with Crippen LogP contribution < -0.4 is 0 Å². The molecular weight excluding hydrogens is 240 g/mol. The molecule has 1 aliphatic rings. The minimum absolute atomic E-state index is 0.468. The molecule has 0 aliphatic heterocycles. The summed E-state index contributed by atoms with van der Waals surface area (Å²) >= 11 is 1.64. The highest BCUT2D eigenvalue weighted by Gasteiger charge is 2.21. The summed E-state index contributed by atoms with van der Waals surface area (Å²) in [5, 5.41) is 12.5. The minimum atomic E-state index is -0.468. The second-order valence-corrected chi connectivity index (χ2v) is 6.12. The first kappa shape index (κ1) is 11.9. The summed E-state index contributed by atoms with van der Waals surface area (Å²) in [6, 6.07) is 10.6. The first-order valence-electron chi connectivity index (χ1n) is 6.57. The quantitative estimate of drug-likeness (QED) is 0.864. The molecule has 0 bridgehead atoms. The molecule has 0 saturated heterocycles. The fraction of sp³-hybridized carbons (Fsp3) is 0.375. The van der Waals surface area contributed by atoms with Gasteiger partial charge in [0.15, 0.2) is 0 Å². The third kappa shape index (κ3) is 2.11. The van der Waals surface area contributed by atoms with Gasteiger partial charge in [0.05, 0.1) is 0 Å². The van der Waals surface area contributed by atoms with E-state index in [1.54, 1.807) is 11.3 Å². The van der Waals surface area contributed by atoms with Crippen molar-refractivity contribution in [2.75, 3.05) is 0 Å². The van der Waals surface area contributed by atoms with Gasteiger partial charge >= 0.3 is 0 Å². The molecule has 0 spiro atoms. The van der Waals surface area contributed by atoms with Crippen molar-refractivity contribution in [3.05, 3.63) is 57.3 Å². The molecule has 2 aromatic rings. The van der Waals surface area contributed by atoms with Crippen molar-refractivity contribution in [3.8, 4) is 0 Å². The van der Waals surface area contributed by atoms with Crippen LogP contribution in [0.5, 0.6) is 0 Å². The van der Waals surface area contributed by atoms with Crippen molar-refractivity contribution in [1.82, 2.24) is 0 Å². The number of hydrogen-bond donors (Lipinski definition) is 1. The van der Waals surface area contributed by atoms with Gasteiger partial charge < -0.3 is 5.11 Å². The molecule has 1 atom stereocenters. The Hall–Kier alpha value is -1.12. The van der Waals surface area contributed by atoms with Crippen LogP contribution in [0.15, 0.2) is 35.7 Å². The standard InChI is InChI=1S/C16H18OS/c1-11-8-9-18-16(11)15(17)14-7-3-6-13(10-14)12-4-2-5-12/h3,6-10,12,15,17H,2,4-5H2,1H3. The van der Waals surface area contributed by atoms with E-state index in [9.17, 15) is 5.11 Å². The lowest BCUT2D eigenvalue weighted by Crippen LogP contribution is -2.09. The van der Waals surface area contributed by atoms with Crippen LogP contribution in [0.1, 0.15) is 52.9 Å². The summed E-state index contributed by atoms with van der Waals surface area (Å²) < 4.78 is 0. The molecule has 1 aromatic carbocycles. The lowest BCUT2D eigenvalue weighted by molar-refractivity contribution is 0.223. The summed E-state index contributed by atoms with van der Waals surface area (Å²) in [5.41, 5.74) is 3.61. The molecule has 18 heavy (non-hydrogen) atoms. The predicted molar refractivity (Wildman–Crippen MR) is 76.2 cm³/mol. The predicted octanol–water partition coefficient (Wildman–Crippen LogP) is 4.41. The first-order valence-corrected chi connectivity index (χ1v) is 7.45. The molecule has 1 unspecified atom stereocenters. The minimum Gasteiger partial charge on any atom is -0.383 e. The van der Waals surface area contributed by atoms with Crippen LogP contribution >= 0.6 is 11.3 Å². The van der Waals surface area contributed by atoms with Crippen LogP contribution in [0.3, 0.4) is 0 Å². The lowest BCUT2D eigenvalue weighted by atomic mass is 9.79. The molecule has 1 aromatic heterocycles. The third-order valence-corrected chi connectivity index (χ3v) is 5.02. The van der Waals surface area contributed by atoms with Gasteiger partial charge in [-0.1, -0.05) is 30.7 Å². The second kappa shape index (κ2) is 4.87. The summed E-state index contributed by atoms with van der Waals surface area (Å²) in [7, 11) is 0. The molecule has 2 heteroatoms. The van der Waals surface area contributed by atoms with Crippen molar-refractivity contribution < 1.29 is 5.11 Å². The number of aryl methyl sites for hydroxylation is 1. The topological polar surface area (TPSA) is 20.2 Å². The van der Waals surface area contributed by atoms with E-state index in [-0.39, 0.29) is 0 Å². The fourth-order valence-corrected chi connectivity index (χ4v) is 3.48. The zero-order chi connectivity index (χ0) is 12.5. The van der Waals surface area contributed by atoms with Gasteiger partial charge in [-0.3, -0.25) is 0 Å². The second-order valence-electron chi connectivity index (χ2n) is 5.17. The molecule has 1 aliphatic carbocycles. The normalized spacial score (nSPS) is 17.4. The SMILES string of the molecule is Cc1ccsc1C(O)c1cccc(C2CCC2)c1. The average molecular weight is 258 g/mol. The Morgan fingerprint density at radius 2 is 2.11 bits per heavy atom. The first-order chi connectivity index (χ1) is 8.75. The van der Waals surface area contributed by atoms with Gasteiger partial charge in [-0.15, -0.1) is 11.3 Å². The molecule has 0 radical (unpaired) electrons. The Bertz CT molecular complexity index is 540. The van der Waals surface area contributed by atoms with Crippen LogP contribution in [-0.4, -0.2) is 5.11 Å². The van der Waals surface area contributed by atoms with E-state index in [1.165, 1.54) is 30.4 Å². The van der Waals surface area contributed by atoms with Crippen LogP contribution in [0.25, 0.3) is 0 Å². The van der Waals surface area contributed by atoms with E-state index in [0.29, 0.717) is 0 Å². The summed E-state index contributed by atoms with van der Waals surface area (Å²) in [5.74, 6) is 0.724. The van der Waals surface area contributed by atoms with Gasteiger partial charge in [0.2, 0.25) is 0 Å². The van der Waals surface area contributed by atoms with Gasteiger partial charge in [-0.05, 0) is 53.8 Å². The van der Waals surface area contributed by atoms with Crippen LogP contribution in [-0.2, 0) is 0 Å². The van der Waals surface area contributed by atoms with Crippen molar-refractivity contribution in [3.63, 3.8) is 0 Å². The Morgan fingerprint density at radius 3 is 2.72 bits per heavy atom. The Kier molecular flexibility index (Phi) is 3.23. The Balaban J connectivity index is 1.89. The van der Waals surface area contributed by atoms with Crippen LogP contribution in [0.4, 0.5) is 0 Å². The molecule has 1 nitrogen and oxygen atoms in total. The number of aliphatic hydroxyl groups is 1. The van der Waals surface area contributed by atoms with Gasteiger partial charge in [0.25, 0.3) is 0 Å². The van der Waals surface area contributed by atoms with Crippen LogP contribution in [0.2, 0.25) is 0 Å². The highest BCUT2D eigenvalue weighted by Crippen LogP contribution is 2.38. The van der Waals surface area contributed by atoms with Gasteiger partial charge in [-0.2, -0.15) is 0 Å². The molecule has 1 fully saturated rings. The largest absolute Gasteiger partial charge is 0.383 e. The summed E-state index contributed by atoms with van der Waals surface area (Å²) in [6.07, 6.45) is 3.49. The number of thiophene rings is 1. The van der Waals surface area contributed by atoms with E-state index in [2.05, 4.69) is 31.2 Å². The van der Waals surface area contributed by atoms with E-state index < -0.39 is 6.10 Å². The number of rotatable bonds is 3. The fourth-order valence-electron chi connectivity index (χ4n) is 2.54. The van der Waals surface area contributed by atoms with Crippen molar-refractivity contribution in [2.45, 2.75) is 38.2 Å². The van der Waals surface area contributed by atoms with E-state index in [1.807, 2.05) is 11.4 Å². The monoisotopic (exact) mass is 258 g/mol. The summed E-state index contributed by atoms with van der Waals surface area (Å²) in [4.78, 5) is 1.07. The Labute approximate surface area is 112 Å². The lowest BCUT2D eigenvalue weighted by Gasteiger charge is -2.26. The van der Waals surface area contributed by atoms with E-state index >= 15 is 0 Å². The highest BCUT2D eigenvalue weighted by molar-refractivity contribution is 7.10. The van der Waals surface area contributed by atoms with Gasteiger partial charge in [0, 0.05) is 4.88 Å². The van der Waals surface area contributed by atoms with E-state index in [4.69, 9.17) is 0 Å². The average Bonchev–Trinajstić information content (AvgIpc) is 2.73. The van der Waals surface area contributed by atoms with E-state index in [0.717, 1.165) is 16.4 Å². The molecular formula is C16H18OS. The molecule has 1 heterocycles. The molecule has 1 saturated carbocycles. The zero-order valence-corrected chi connectivity index (χ0v) is 11.4. The zero-order valence-electron chi connectivity index (χ0n) is 10.6. The maximum atomic E-state index is 10.5. The highest BCUT2D eigenvalue weighted by atomic mass is 32.1. The third-order valence-electron chi connectivity index (χ3n) is 3.95. The maximum Gasteiger partial charge on any atom is 0.113 e. The van der Waals surface area contributed by atoms with Crippen molar-refractivity contribution in [1.29, 1.82) is 0 Å². The van der Waals surface area contributed by atoms with Gasteiger partial charge in [-0.25, -0.2) is 0 Å².